The molecule has 0 aromatic heterocycles. The minimum atomic E-state index is -4.06. The molecule has 0 saturated carbocycles. The number of aliphatic hydroxyl groups excluding tert-OH is 2. The first-order valence-corrected chi connectivity index (χ1v) is 4.99. The first-order chi connectivity index (χ1) is 5.49. The van der Waals surface area contributed by atoms with Gasteiger partial charge in [-0.2, -0.15) is 8.42 Å². The summed E-state index contributed by atoms with van der Waals surface area (Å²) in [6.07, 6.45) is 0. The van der Waals surface area contributed by atoms with Gasteiger partial charge < -0.3 is 10.2 Å². The quantitative estimate of drug-likeness (QED) is 0.346. The Morgan fingerprint density at radius 2 is 1.46 bits per heavy atom. The molecule has 8 heteroatoms. The van der Waals surface area contributed by atoms with E-state index in [0.29, 0.717) is 0 Å². The molecule has 0 aliphatic heterocycles. The molecule has 0 spiro atoms. The van der Waals surface area contributed by atoms with E-state index in [-0.39, 0.29) is 55.9 Å². The summed E-state index contributed by atoms with van der Waals surface area (Å²) in [6.45, 7) is -0.203. The van der Waals surface area contributed by atoms with E-state index >= 15 is 0 Å². The van der Waals surface area contributed by atoms with Gasteiger partial charge in [-0.15, -0.1) is 0 Å². The molecule has 0 atom stereocenters. The van der Waals surface area contributed by atoms with Crippen LogP contribution >= 0.6 is 0 Å². The van der Waals surface area contributed by atoms with E-state index in [0.717, 1.165) is 0 Å². The molecule has 0 aliphatic carbocycles. The van der Waals surface area contributed by atoms with Gasteiger partial charge in [-0.05, 0) is 0 Å². The van der Waals surface area contributed by atoms with Crippen LogP contribution < -0.4 is 0 Å². The van der Waals surface area contributed by atoms with Crippen molar-refractivity contribution in [1.29, 1.82) is 0 Å². The Hall–Kier alpha value is 0.790. The topological polar surface area (TPSA) is 98.1 Å². The first kappa shape index (κ1) is 16.2. The van der Waals surface area contributed by atoms with E-state index in [1.165, 1.54) is 4.90 Å². The average molecular weight is 222 g/mol. The number of nitrogens with zero attached hydrogens (tertiary/aromatic N) is 1. The van der Waals surface area contributed by atoms with Gasteiger partial charge in [0, 0.05) is 42.6 Å². The Morgan fingerprint density at radius 3 is 1.69 bits per heavy atom. The normalized spacial score (nSPS) is 11.4. The third-order valence-electron chi connectivity index (χ3n) is 1.18. The molecular formula is C5H13NNaO5S. The van der Waals surface area contributed by atoms with Crippen molar-refractivity contribution in [1.82, 2.24) is 4.90 Å². The second kappa shape index (κ2) is 8.13. The minimum Gasteiger partial charge on any atom is -0.395 e. The van der Waals surface area contributed by atoms with Crippen LogP contribution in [-0.4, -0.2) is 89.8 Å². The zero-order valence-corrected chi connectivity index (χ0v) is 10.4. The van der Waals surface area contributed by atoms with Crippen LogP contribution in [0.5, 0.6) is 0 Å². The molecule has 13 heavy (non-hydrogen) atoms. The van der Waals surface area contributed by atoms with Crippen LogP contribution in [0.3, 0.4) is 0 Å². The zero-order chi connectivity index (χ0) is 9.61. The molecule has 0 unspecified atom stereocenters. The van der Waals surface area contributed by atoms with Crippen LogP contribution in [-0.2, 0) is 10.1 Å². The maximum Gasteiger partial charge on any atom is 0.278 e. The van der Waals surface area contributed by atoms with Crippen molar-refractivity contribution in [2.45, 2.75) is 0 Å². The second-order valence-corrected chi connectivity index (χ2v) is 3.70. The molecule has 0 saturated heterocycles. The van der Waals surface area contributed by atoms with E-state index < -0.39 is 16.0 Å². The third kappa shape index (κ3) is 10.7. The second-order valence-electron chi connectivity index (χ2n) is 2.28. The van der Waals surface area contributed by atoms with Crippen molar-refractivity contribution in [3.63, 3.8) is 0 Å². The molecule has 75 valence electrons. The Labute approximate surface area is 99.6 Å². The predicted molar refractivity (Wildman–Crippen MR) is 47.9 cm³/mol. The Kier molecular flexibility index (Phi) is 10.1. The molecule has 6 nitrogen and oxygen atoms in total. The Bertz CT molecular complexity index is 201. The smallest absolute Gasteiger partial charge is 0.278 e. The number of hydrogen-bond acceptors (Lipinski definition) is 5. The maximum absolute atomic E-state index is 10.3. The predicted octanol–water partition coefficient (Wildman–Crippen LogP) is -2.26. The van der Waals surface area contributed by atoms with E-state index in [4.69, 9.17) is 14.8 Å². The van der Waals surface area contributed by atoms with Gasteiger partial charge >= 0.3 is 0 Å². The van der Waals surface area contributed by atoms with Gasteiger partial charge in [0.1, 0.15) is 5.88 Å². The molecule has 0 amide bonds. The van der Waals surface area contributed by atoms with Gasteiger partial charge in [0.2, 0.25) is 0 Å². The van der Waals surface area contributed by atoms with E-state index in [1.807, 2.05) is 0 Å². The van der Waals surface area contributed by atoms with Gasteiger partial charge in [0.05, 0.1) is 13.2 Å². The Morgan fingerprint density at radius 1 is 1.08 bits per heavy atom. The molecular weight excluding hydrogens is 209 g/mol. The van der Waals surface area contributed by atoms with Gasteiger partial charge in [0.15, 0.2) is 0 Å². The molecule has 0 aromatic carbocycles. The summed E-state index contributed by atoms with van der Waals surface area (Å²) < 4.78 is 29.1. The Balaban J connectivity index is 0. The van der Waals surface area contributed by atoms with E-state index in [2.05, 4.69) is 0 Å². The standard InChI is InChI=1S/C5H13NO5S.Na/c7-3-1-6(2-4-8)5-12(9,10)11;/h7-8H,1-5H2,(H,9,10,11);. The van der Waals surface area contributed by atoms with Crippen LogP contribution in [0.2, 0.25) is 0 Å². The van der Waals surface area contributed by atoms with Crippen molar-refractivity contribution < 1.29 is 23.2 Å². The maximum atomic E-state index is 10.3. The summed E-state index contributed by atoms with van der Waals surface area (Å²) in [5, 5.41) is 16.9. The molecule has 0 fully saturated rings. The molecule has 0 rings (SSSR count). The molecule has 0 aliphatic rings. The van der Waals surface area contributed by atoms with Crippen LogP contribution in [0.1, 0.15) is 0 Å². The first-order valence-electron chi connectivity index (χ1n) is 3.39. The van der Waals surface area contributed by atoms with Crippen molar-refractivity contribution >= 4 is 39.7 Å². The summed E-state index contributed by atoms with van der Waals surface area (Å²) >= 11 is 0. The summed E-state index contributed by atoms with van der Waals surface area (Å²) in [6, 6.07) is 0. The summed E-state index contributed by atoms with van der Waals surface area (Å²) in [4.78, 5) is 1.23. The largest absolute Gasteiger partial charge is 0.395 e. The summed E-state index contributed by atoms with van der Waals surface area (Å²) in [5.74, 6) is -0.561. The molecule has 0 bridgehead atoms. The third-order valence-corrected chi connectivity index (χ3v) is 1.87. The minimum absolute atomic E-state index is 0. The van der Waals surface area contributed by atoms with Crippen molar-refractivity contribution in [3.05, 3.63) is 0 Å². The number of hydrogen-bond donors (Lipinski definition) is 3. The molecule has 3 N–H and O–H groups in total. The van der Waals surface area contributed by atoms with Crippen molar-refractivity contribution in [2.75, 3.05) is 32.2 Å². The fraction of sp³-hybridized carbons (Fsp3) is 1.00. The van der Waals surface area contributed by atoms with Crippen molar-refractivity contribution in [2.24, 2.45) is 0 Å². The van der Waals surface area contributed by atoms with Crippen LogP contribution in [0, 0.1) is 0 Å². The van der Waals surface area contributed by atoms with Crippen LogP contribution in [0.15, 0.2) is 0 Å². The number of aliphatic hydroxyl groups is 2. The fourth-order valence-corrected chi connectivity index (χ4v) is 1.47. The molecule has 0 heterocycles. The van der Waals surface area contributed by atoms with Crippen LogP contribution in [0.4, 0.5) is 0 Å². The monoisotopic (exact) mass is 222 g/mol. The fourth-order valence-electron chi connectivity index (χ4n) is 0.754. The molecule has 0 aromatic rings. The number of rotatable bonds is 6. The van der Waals surface area contributed by atoms with Gasteiger partial charge in [0.25, 0.3) is 10.1 Å². The molecule has 1 radical (unpaired) electrons. The summed E-state index contributed by atoms with van der Waals surface area (Å²) in [7, 11) is -4.06. The zero-order valence-electron chi connectivity index (χ0n) is 7.55. The van der Waals surface area contributed by atoms with Gasteiger partial charge in [-0.3, -0.25) is 9.45 Å². The summed E-state index contributed by atoms with van der Waals surface area (Å²) in [5.41, 5.74) is 0. The van der Waals surface area contributed by atoms with Gasteiger partial charge in [-0.25, -0.2) is 0 Å². The average Bonchev–Trinajstić information content (AvgIpc) is 1.84. The van der Waals surface area contributed by atoms with E-state index in [9.17, 15) is 8.42 Å². The van der Waals surface area contributed by atoms with Gasteiger partial charge in [-0.1, -0.05) is 0 Å². The van der Waals surface area contributed by atoms with Crippen molar-refractivity contribution in [3.8, 4) is 0 Å². The van der Waals surface area contributed by atoms with E-state index in [1.54, 1.807) is 0 Å². The van der Waals surface area contributed by atoms with Crippen LogP contribution in [0.25, 0.3) is 0 Å². The SMILES string of the molecule is O=S(=O)(O)CN(CCO)CCO.[Na].